The van der Waals surface area contributed by atoms with Crippen molar-refractivity contribution in [2.75, 3.05) is 5.75 Å². The quantitative estimate of drug-likeness (QED) is 0.526. The van der Waals surface area contributed by atoms with Gasteiger partial charge in [0.05, 0.1) is 6.04 Å². The van der Waals surface area contributed by atoms with Gasteiger partial charge in [0, 0.05) is 17.7 Å². The van der Waals surface area contributed by atoms with Crippen molar-refractivity contribution < 1.29 is 4.79 Å². The number of hydrogen-bond acceptors (Lipinski definition) is 3. The van der Waals surface area contributed by atoms with Crippen LogP contribution in [0.5, 0.6) is 0 Å². The highest BCUT2D eigenvalue weighted by Gasteiger charge is 2.47. The third kappa shape index (κ3) is 4.96. The number of carbonyl (C=O) groups excluding carboxylic acids is 1. The summed E-state index contributed by atoms with van der Waals surface area (Å²) in [5.74, 6) is 2.30. The van der Waals surface area contributed by atoms with Gasteiger partial charge in [0.15, 0.2) is 0 Å². The van der Waals surface area contributed by atoms with E-state index in [0.717, 1.165) is 5.92 Å². The van der Waals surface area contributed by atoms with Gasteiger partial charge in [-0.3, -0.25) is 4.79 Å². The molecule has 0 amide bonds. The zero-order valence-corrected chi connectivity index (χ0v) is 13.9. The summed E-state index contributed by atoms with van der Waals surface area (Å²) in [7, 11) is 0. The van der Waals surface area contributed by atoms with Crippen molar-refractivity contribution in [2.24, 2.45) is 11.8 Å². The fraction of sp³-hybridized carbons (Fsp3) is 0.812. The van der Waals surface area contributed by atoms with Gasteiger partial charge in [0.2, 0.25) is 0 Å². The smallest absolute Gasteiger partial charge is 0.150 e. The Hall–Kier alpha value is -0.280. The predicted octanol–water partition coefficient (Wildman–Crippen LogP) is 3.62. The average molecular weight is 283 g/mol. The van der Waals surface area contributed by atoms with E-state index in [-0.39, 0.29) is 17.4 Å². The molecule has 0 aromatic carbocycles. The lowest BCUT2D eigenvalue weighted by Crippen LogP contribution is -2.52. The van der Waals surface area contributed by atoms with Crippen LogP contribution in [0.2, 0.25) is 0 Å². The molecule has 3 heteroatoms. The first-order valence-electron chi connectivity index (χ1n) is 7.36. The van der Waals surface area contributed by atoms with Crippen molar-refractivity contribution in [3.05, 3.63) is 11.6 Å². The predicted molar refractivity (Wildman–Crippen MR) is 85.8 cm³/mol. The molecular weight excluding hydrogens is 254 g/mol. The lowest BCUT2D eigenvalue weighted by Gasteiger charge is -2.31. The van der Waals surface area contributed by atoms with E-state index in [4.69, 9.17) is 0 Å². The lowest BCUT2D eigenvalue weighted by molar-refractivity contribution is -0.120. The van der Waals surface area contributed by atoms with Crippen LogP contribution in [0.15, 0.2) is 11.6 Å². The van der Waals surface area contributed by atoms with Crippen LogP contribution in [0.1, 0.15) is 53.9 Å². The molecule has 110 valence electrons. The van der Waals surface area contributed by atoms with Gasteiger partial charge in [-0.15, -0.1) is 0 Å². The van der Waals surface area contributed by atoms with Crippen LogP contribution < -0.4 is 5.32 Å². The van der Waals surface area contributed by atoms with Crippen LogP contribution in [-0.2, 0) is 4.79 Å². The zero-order chi connectivity index (χ0) is 14.6. The number of hydrogen-bond donors (Lipinski definition) is 2. The molecule has 0 aromatic rings. The Morgan fingerprint density at radius 2 is 2.11 bits per heavy atom. The number of nitrogens with one attached hydrogen (secondary N) is 1. The summed E-state index contributed by atoms with van der Waals surface area (Å²) >= 11 is 4.31. The van der Waals surface area contributed by atoms with Crippen LogP contribution in [-0.4, -0.2) is 23.1 Å². The van der Waals surface area contributed by atoms with E-state index >= 15 is 0 Å². The summed E-state index contributed by atoms with van der Waals surface area (Å²) in [5.41, 5.74) is 1.42. The third-order valence-corrected chi connectivity index (χ3v) is 4.51. The largest absolute Gasteiger partial charge is 0.301 e. The second-order valence-electron chi connectivity index (χ2n) is 6.54. The number of rotatable bonds is 8. The SMILES string of the molecule is CCC(=O)C(CS)NC(C)(C)C1CC1CC=C(C)C. The number of ketones is 1. The molecule has 1 N–H and O–H groups in total. The second kappa shape index (κ2) is 6.94. The number of thiol groups is 1. The van der Waals surface area contributed by atoms with Crippen LogP contribution >= 0.6 is 12.6 Å². The lowest BCUT2D eigenvalue weighted by atomic mass is 9.94. The summed E-state index contributed by atoms with van der Waals surface area (Å²) in [4.78, 5) is 11.8. The van der Waals surface area contributed by atoms with Gasteiger partial charge in [-0.25, -0.2) is 0 Å². The molecule has 1 aliphatic rings. The molecule has 0 aliphatic heterocycles. The topological polar surface area (TPSA) is 29.1 Å². The minimum absolute atomic E-state index is 0.0262. The molecule has 3 atom stereocenters. The summed E-state index contributed by atoms with van der Waals surface area (Å²) < 4.78 is 0. The first-order valence-corrected chi connectivity index (χ1v) is 7.99. The van der Waals surface area contributed by atoms with Gasteiger partial charge in [-0.2, -0.15) is 12.6 Å². The molecule has 0 aromatic heterocycles. The van der Waals surface area contributed by atoms with E-state index in [2.05, 4.69) is 51.7 Å². The van der Waals surface area contributed by atoms with E-state index in [1.54, 1.807) is 0 Å². The Balaban J connectivity index is 2.53. The summed E-state index contributed by atoms with van der Waals surface area (Å²) in [5, 5.41) is 3.53. The fourth-order valence-corrected chi connectivity index (χ4v) is 3.10. The second-order valence-corrected chi connectivity index (χ2v) is 6.91. The minimum Gasteiger partial charge on any atom is -0.301 e. The van der Waals surface area contributed by atoms with Gasteiger partial charge >= 0.3 is 0 Å². The van der Waals surface area contributed by atoms with E-state index in [1.165, 1.54) is 18.4 Å². The molecule has 1 saturated carbocycles. The van der Waals surface area contributed by atoms with Crippen LogP contribution in [0.3, 0.4) is 0 Å². The monoisotopic (exact) mass is 283 g/mol. The maximum absolute atomic E-state index is 11.8. The van der Waals surface area contributed by atoms with Crippen molar-refractivity contribution in [1.82, 2.24) is 5.32 Å². The molecule has 0 heterocycles. The number of carbonyl (C=O) groups is 1. The standard InChI is InChI=1S/C16H29NOS/c1-6-15(18)14(10-19)17-16(4,5)13-9-12(13)8-7-11(2)3/h7,12-14,17,19H,6,8-10H2,1-5H3. The average Bonchev–Trinajstić information content (AvgIpc) is 3.12. The van der Waals surface area contributed by atoms with Crippen molar-refractivity contribution in [2.45, 2.75) is 65.5 Å². The van der Waals surface area contributed by atoms with Gasteiger partial charge in [-0.05, 0) is 52.4 Å². The van der Waals surface area contributed by atoms with E-state index in [9.17, 15) is 4.79 Å². The van der Waals surface area contributed by atoms with Crippen LogP contribution in [0.25, 0.3) is 0 Å². The molecule has 0 radical (unpaired) electrons. The van der Waals surface area contributed by atoms with Gasteiger partial charge < -0.3 is 5.32 Å². The van der Waals surface area contributed by atoms with Crippen molar-refractivity contribution in [3.8, 4) is 0 Å². The molecular formula is C16H29NOS. The van der Waals surface area contributed by atoms with E-state index in [1.807, 2.05) is 6.92 Å². The molecule has 2 nitrogen and oxygen atoms in total. The molecule has 3 unspecified atom stereocenters. The Morgan fingerprint density at radius 1 is 1.47 bits per heavy atom. The van der Waals surface area contributed by atoms with Crippen LogP contribution in [0.4, 0.5) is 0 Å². The zero-order valence-electron chi connectivity index (χ0n) is 13.0. The van der Waals surface area contributed by atoms with Crippen molar-refractivity contribution in [1.29, 1.82) is 0 Å². The first kappa shape index (κ1) is 16.8. The minimum atomic E-state index is -0.104. The molecule has 19 heavy (non-hydrogen) atoms. The highest BCUT2D eigenvalue weighted by molar-refractivity contribution is 7.80. The molecule has 1 fully saturated rings. The summed E-state index contributed by atoms with van der Waals surface area (Å²) in [6.45, 7) is 10.7. The molecule has 1 rings (SSSR count). The van der Waals surface area contributed by atoms with Gasteiger partial charge in [0.1, 0.15) is 5.78 Å². The van der Waals surface area contributed by atoms with Crippen molar-refractivity contribution in [3.63, 3.8) is 0 Å². The highest BCUT2D eigenvalue weighted by atomic mass is 32.1. The Morgan fingerprint density at radius 3 is 2.58 bits per heavy atom. The maximum Gasteiger partial charge on any atom is 0.150 e. The van der Waals surface area contributed by atoms with E-state index in [0.29, 0.717) is 18.1 Å². The molecule has 1 aliphatic carbocycles. The molecule has 0 bridgehead atoms. The third-order valence-electron chi connectivity index (χ3n) is 4.14. The molecule has 0 saturated heterocycles. The van der Waals surface area contributed by atoms with E-state index < -0.39 is 0 Å². The summed E-state index contributed by atoms with van der Waals surface area (Å²) in [6, 6.07) is -0.104. The number of Topliss-reactive ketones (excluding diaryl/α,β-unsaturated/α-hetero) is 1. The normalized spacial score (nSPS) is 23.9. The van der Waals surface area contributed by atoms with Gasteiger partial charge in [-0.1, -0.05) is 18.6 Å². The Kier molecular flexibility index (Phi) is 6.13. The summed E-state index contributed by atoms with van der Waals surface area (Å²) in [6.07, 6.45) is 5.35. The molecule has 0 spiro atoms. The van der Waals surface area contributed by atoms with Crippen molar-refractivity contribution >= 4 is 18.4 Å². The maximum atomic E-state index is 11.8. The Labute approximate surface area is 123 Å². The van der Waals surface area contributed by atoms with Crippen LogP contribution in [0, 0.1) is 11.8 Å². The Bertz CT molecular complexity index is 345. The number of allylic oxidation sites excluding steroid dienone is 2. The van der Waals surface area contributed by atoms with Gasteiger partial charge in [0.25, 0.3) is 0 Å². The fourth-order valence-electron chi connectivity index (χ4n) is 2.81. The highest BCUT2D eigenvalue weighted by Crippen LogP contribution is 2.48. The first-order chi connectivity index (χ1) is 8.81.